The van der Waals surface area contributed by atoms with E-state index in [9.17, 15) is 27.6 Å². The second-order valence-corrected chi connectivity index (χ2v) is 6.23. The maximum atomic E-state index is 13.0. The number of halogens is 4. The average molecular weight is 416 g/mol. The molecular weight excluding hydrogens is 403 g/mol. The van der Waals surface area contributed by atoms with Gasteiger partial charge < -0.3 is 9.73 Å². The Morgan fingerprint density at radius 1 is 1.25 bits per heavy atom. The number of carbonyl (C=O) groups is 1. The summed E-state index contributed by atoms with van der Waals surface area (Å²) in [6.45, 7) is 2.03. The van der Waals surface area contributed by atoms with Gasteiger partial charge in [0.15, 0.2) is 11.3 Å². The van der Waals surface area contributed by atoms with Crippen molar-refractivity contribution < 1.29 is 22.4 Å². The maximum absolute atomic E-state index is 13.0. The van der Waals surface area contributed by atoms with Gasteiger partial charge in [0.1, 0.15) is 5.69 Å². The van der Waals surface area contributed by atoms with Crippen LogP contribution >= 0.6 is 11.6 Å². The Morgan fingerprint density at radius 3 is 2.54 bits per heavy atom. The van der Waals surface area contributed by atoms with Gasteiger partial charge in [-0.2, -0.15) is 13.2 Å². The average Bonchev–Trinajstić information content (AvgIpc) is 3.06. The molecule has 148 valence electrons. The second kappa shape index (κ2) is 6.86. The first kappa shape index (κ1) is 19.7. The lowest BCUT2D eigenvalue weighted by Crippen LogP contribution is -2.40. The summed E-state index contributed by atoms with van der Waals surface area (Å²) in [4.78, 5) is 36.8. The van der Waals surface area contributed by atoms with E-state index in [1.807, 2.05) is 0 Å². The third kappa shape index (κ3) is 3.19. The molecular formula is C17H13ClF3N3O4. The predicted octanol–water partition coefficient (Wildman–Crippen LogP) is 2.70. The van der Waals surface area contributed by atoms with Gasteiger partial charge in [0.25, 0.3) is 11.5 Å². The number of furan rings is 1. The molecule has 11 heteroatoms. The molecule has 0 radical (unpaired) electrons. The van der Waals surface area contributed by atoms with Crippen LogP contribution in [0.5, 0.6) is 0 Å². The van der Waals surface area contributed by atoms with E-state index in [1.54, 1.807) is 6.92 Å². The minimum atomic E-state index is -4.88. The van der Waals surface area contributed by atoms with Crippen LogP contribution in [-0.2, 0) is 13.2 Å². The van der Waals surface area contributed by atoms with E-state index >= 15 is 0 Å². The number of fused-ring (bicyclic) bond motifs is 1. The van der Waals surface area contributed by atoms with Crippen molar-refractivity contribution in [2.45, 2.75) is 13.1 Å². The van der Waals surface area contributed by atoms with Gasteiger partial charge in [-0.15, -0.1) is 0 Å². The molecule has 0 unspecified atom stereocenters. The highest BCUT2D eigenvalue weighted by atomic mass is 35.5. The zero-order valence-electron chi connectivity index (χ0n) is 14.6. The van der Waals surface area contributed by atoms with E-state index in [1.165, 1.54) is 18.2 Å². The van der Waals surface area contributed by atoms with Crippen molar-refractivity contribution in [3.8, 4) is 5.69 Å². The summed E-state index contributed by atoms with van der Waals surface area (Å²) in [6, 6.07) is 4.24. The Labute approximate surface area is 159 Å². The summed E-state index contributed by atoms with van der Waals surface area (Å²) in [5.74, 6) is -0.670. The lowest BCUT2D eigenvalue weighted by atomic mass is 10.2. The van der Waals surface area contributed by atoms with Gasteiger partial charge in [0, 0.05) is 25.0 Å². The highest BCUT2D eigenvalue weighted by Crippen LogP contribution is 2.31. The summed E-state index contributed by atoms with van der Waals surface area (Å²) < 4.78 is 45.4. The zero-order chi connectivity index (χ0) is 20.8. The van der Waals surface area contributed by atoms with E-state index < -0.39 is 29.0 Å². The van der Waals surface area contributed by atoms with Crippen molar-refractivity contribution in [2.24, 2.45) is 7.05 Å². The van der Waals surface area contributed by atoms with Crippen LogP contribution < -0.4 is 16.6 Å². The fourth-order valence-electron chi connectivity index (χ4n) is 2.73. The summed E-state index contributed by atoms with van der Waals surface area (Å²) in [6.07, 6.45) is -4.88. The van der Waals surface area contributed by atoms with Crippen LogP contribution in [0, 0.1) is 0 Å². The van der Waals surface area contributed by atoms with Crippen LogP contribution in [0.4, 0.5) is 13.2 Å². The fourth-order valence-corrected chi connectivity index (χ4v) is 2.93. The number of rotatable bonds is 3. The molecule has 0 spiro atoms. The van der Waals surface area contributed by atoms with Crippen LogP contribution in [0.3, 0.4) is 0 Å². The van der Waals surface area contributed by atoms with E-state index in [0.717, 1.165) is 7.05 Å². The molecule has 7 nitrogen and oxygen atoms in total. The van der Waals surface area contributed by atoms with Crippen molar-refractivity contribution in [1.82, 2.24) is 14.5 Å². The van der Waals surface area contributed by atoms with Crippen molar-refractivity contribution in [1.29, 1.82) is 0 Å². The third-order valence-corrected chi connectivity index (χ3v) is 4.35. The molecule has 2 heterocycles. The highest BCUT2D eigenvalue weighted by Gasteiger charge is 2.35. The summed E-state index contributed by atoms with van der Waals surface area (Å²) >= 11 is 6.10. The Kier molecular flexibility index (Phi) is 4.84. The van der Waals surface area contributed by atoms with Gasteiger partial charge >= 0.3 is 11.9 Å². The van der Waals surface area contributed by atoms with E-state index in [4.69, 9.17) is 16.0 Å². The van der Waals surface area contributed by atoms with Crippen molar-refractivity contribution in [2.75, 3.05) is 6.54 Å². The molecule has 0 aliphatic rings. The molecule has 3 rings (SSSR count). The first-order valence-corrected chi connectivity index (χ1v) is 8.35. The van der Waals surface area contributed by atoms with Gasteiger partial charge in [0.05, 0.1) is 10.7 Å². The Hall–Kier alpha value is -3.01. The number of carbonyl (C=O) groups excluding carboxylic acids is 1. The fraction of sp³-hybridized carbons (Fsp3) is 0.235. The van der Waals surface area contributed by atoms with Crippen molar-refractivity contribution in [3.05, 3.63) is 61.6 Å². The molecule has 0 aliphatic carbocycles. The zero-order valence-corrected chi connectivity index (χ0v) is 15.3. The van der Waals surface area contributed by atoms with Crippen LogP contribution in [0.25, 0.3) is 16.7 Å². The molecule has 1 amide bonds. The van der Waals surface area contributed by atoms with E-state index in [-0.39, 0.29) is 27.4 Å². The maximum Gasteiger partial charge on any atom is 0.431 e. The number of hydrogen-bond donors (Lipinski definition) is 1. The lowest BCUT2D eigenvalue weighted by Gasteiger charge is -2.14. The number of hydrogen-bond acceptors (Lipinski definition) is 4. The molecule has 2 aromatic heterocycles. The van der Waals surface area contributed by atoms with Gasteiger partial charge in [-0.25, -0.2) is 9.36 Å². The van der Waals surface area contributed by atoms with Gasteiger partial charge in [-0.05, 0) is 25.1 Å². The molecule has 0 aliphatic heterocycles. The normalized spacial score (nSPS) is 11.8. The smallest absolute Gasteiger partial charge is 0.431 e. The second-order valence-electron chi connectivity index (χ2n) is 5.82. The molecule has 0 bridgehead atoms. The van der Waals surface area contributed by atoms with Crippen molar-refractivity contribution in [3.63, 3.8) is 0 Å². The largest absolute Gasteiger partial charge is 0.449 e. The molecule has 0 fully saturated rings. The number of aromatic nitrogens is 2. The van der Waals surface area contributed by atoms with Crippen LogP contribution in [-0.4, -0.2) is 21.6 Å². The first-order valence-electron chi connectivity index (χ1n) is 7.97. The van der Waals surface area contributed by atoms with Gasteiger partial charge in [-0.3, -0.25) is 14.2 Å². The SMILES string of the molecule is CCNC(=O)c1cc2c(Cl)ccc(-n3c(=O)cc(C(F)(F)F)n(C)c3=O)c2o1. The Bertz CT molecular complexity index is 1210. The molecule has 1 aromatic carbocycles. The van der Waals surface area contributed by atoms with Crippen molar-refractivity contribution >= 4 is 28.5 Å². The Balaban J connectivity index is 2.32. The van der Waals surface area contributed by atoms with Gasteiger partial charge in [0.2, 0.25) is 0 Å². The third-order valence-electron chi connectivity index (χ3n) is 4.02. The standard InChI is InChI=1S/C17H13ClF3N3O4/c1-3-22-15(26)11-6-8-9(18)4-5-10(14(8)28-11)24-13(25)7-12(17(19,20)21)23(2)16(24)27/h4-7H,3H2,1-2H3,(H,22,26). The monoisotopic (exact) mass is 415 g/mol. The Morgan fingerprint density at radius 2 is 1.93 bits per heavy atom. The molecule has 28 heavy (non-hydrogen) atoms. The highest BCUT2D eigenvalue weighted by molar-refractivity contribution is 6.35. The van der Waals surface area contributed by atoms with Crippen LogP contribution in [0.1, 0.15) is 23.2 Å². The summed E-state index contributed by atoms with van der Waals surface area (Å²) in [5, 5.41) is 2.93. The number of nitrogens with one attached hydrogen (secondary N) is 1. The van der Waals surface area contributed by atoms with E-state index in [0.29, 0.717) is 21.7 Å². The molecule has 0 atom stereocenters. The molecule has 0 saturated heterocycles. The molecule has 1 N–H and O–H groups in total. The first-order chi connectivity index (χ1) is 13.1. The number of benzene rings is 1. The molecule has 0 saturated carbocycles. The minimum absolute atomic E-state index is 0.0762. The topological polar surface area (TPSA) is 86.2 Å². The minimum Gasteiger partial charge on any atom is -0.449 e. The number of amides is 1. The van der Waals surface area contributed by atoms with Crippen LogP contribution in [0.2, 0.25) is 5.02 Å². The quantitative estimate of drug-likeness (QED) is 0.712. The molecule has 3 aromatic rings. The summed E-state index contributed by atoms with van der Waals surface area (Å²) in [5.41, 5.74) is -4.01. The predicted molar refractivity (Wildman–Crippen MR) is 95.1 cm³/mol. The van der Waals surface area contributed by atoms with Crippen LogP contribution in [0.15, 0.2) is 38.3 Å². The van der Waals surface area contributed by atoms with Gasteiger partial charge in [-0.1, -0.05) is 11.6 Å². The number of nitrogens with zero attached hydrogens (tertiary/aromatic N) is 2. The number of alkyl halides is 3. The lowest BCUT2D eigenvalue weighted by molar-refractivity contribution is -0.144. The summed E-state index contributed by atoms with van der Waals surface area (Å²) in [7, 11) is 0.899. The van der Waals surface area contributed by atoms with E-state index in [2.05, 4.69) is 5.32 Å².